The predicted octanol–water partition coefficient (Wildman–Crippen LogP) is 1.98. The van der Waals surface area contributed by atoms with E-state index in [2.05, 4.69) is 26.2 Å². The number of carbonyl (C=O) groups excluding carboxylic acids is 1. The van der Waals surface area contributed by atoms with Crippen molar-refractivity contribution in [3.8, 4) is 0 Å². The fraction of sp³-hybridized carbons (Fsp3) is 0.333. The Morgan fingerprint density at radius 2 is 2.46 bits per heavy atom. The van der Waals surface area contributed by atoms with Crippen LogP contribution in [-0.2, 0) is 0 Å². The molecule has 0 unspecified atom stereocenters. The molecule has 1 N–H and O–H groups in total. The van der Waals surface area contributed by atoms with Gasteiger partial charge in [0, 0.05) is 17.2 Å². The highest BCUT2D eigenvalue weighted by molar-refractivity contribution is 9.10. The lowest BCUT2D eigenvalue weighted by Crippen LogP contribution is -2.25. The van der Waals surface area contributed by atoms with E-state index in [0.29, 0.717) is 12.2 Å². The Bertz CT molecular complexity index is 301. The number of hydrogen-bond donors (Lipinski definition) is 1. The Morgan fingerprint density at radius 3 is 3.08 bits per heavy atom. The molecule has 1 heterocycles. The summed E-state index contributed by atoms with van der Waals surface area (Å²) in [6.45, 7) is 2.69. The van der Waals surface area contributed by atoms with E-state index in [9.17, 15) is 4.79 Å². The number of nitrogens with zero attached hydrogens (tertiary/aromatic N) is 1. The minimum atomic E-state index is -0.130. The van der Waals surface area contributed by atoms with E-state index in [4.69, 9.17) is 0 Å². The summed E-state index contributed by atoms with van der Waals surface area (Å²) in [5.41, 5.74) is 0.441. The molecule has 0 aromatic carbocycles. The van der Waals surface area contributed by atoms with Gasteiger partial charge in [-0.25, -0.2) is 4.98 Å². The smallest absolute Gasteiger partial charge is 0.271 e. The molecule has 1 amide bonds. The van der Waals surface area contributed by atoms with Crippen LogP contribution in [0.5, 0.6) is 0 Å². The maximum absolute atomic E-state index is 11.4. The van der Waals surface area contributed by atoms with Crippen molar-refractivity contribution in [2.75, 3.05) is 6.54 Å². The van der Waals surface area contributed by atoms with Crippen LogP contribution in [0.25, 0.3) is 0 Å². The zero-order valence-corrected chi connectivity index (χ0v) is 8.97. The van der Waals surface area contributed by atoms with Gasteiger partial charge in [0.2, 0.25) is 0 Å². The quantitative estimate of drug-likeness (QED) is 0.881. The number of nitrogens with one attached hydrogen (secondary N) is 1. The summed E-state index contributed by atoms with van der Waals surface area (Å²) in [6, 6.07) is 3.58. The molecule has 0 aliphatic rings. The lowest BCUT2D eigenvalue weighted by atomic mass is 10.3. The van der Waals surface area contributed by atoms with Gasteiger partial charge in [-0.15, -0.1) is 0 Å². The maximum Gasteiger partial charge on any atom is 0.271 e. The highest BCUT2D eigenvalue weighted by Crippen LogP contribution is 2.12. The first-order valence-electron chi connectivity index (χ1n) is 4.14. The Morgan fingerprint density at radius 1 is 1.69 bits per heavy atom. The van der Waals surface area contributed by atoms with Crippen molar-refractivity contribution < 1.29 is 4.79 Å². The van der Waals surface area contributed by atoms with Crippen LogP contribution in [0.1, 0.15) is 23.8 Å². The van der Waals surface area contributed by atoms with Gasteiger partial charge in [-0.2, -0.15) is 0 Å². The van der Waals surface area contributed by atoms with Gasteiger partial charge in [0.25, 0.3) is 5.91 Å². The predicted molar refractivity (Wildman–Crippen MR) is 54.6 cm³/mol. The standard InChI is InChI=1S/C9H11BrN2O/c1-2-5-12-9(13)8-7(10)4-3-6-11-8/h3-4,6H,2,5H2,1H3,(H,12,13). The first kappa shape index (κ1) is 10.2. The van der Waals surface area contributed by atoms with Crippen molar-refractivity contribution in [1.29, 1.82) is 0 Å². The van der Waals surface area contributed by atoms with E-state index >= 15 is 0 Å². The van der Waals surface area contributed by atoms with E-state index in [0.717, 1.165) is 10.9 Å². The van der Waals surface area contributed by atoms with Crippen LogP contribution in [-0.4, -0.2) is 17.4 Å². The Balaban J connectivity index is 2.71. The molecule has 13 heavy (non-hydrogen) atoms. The Labute approximate surface area is 85.7 Å². The summed E-state index contributed by atoms with van der Waals surface area (Å²) >= 11 is 3.27. The molecule has 0 radical (unpaired) electrons. The van der Waals surface area contributed by atoms with Crippen LogP contribution < -0.4 is 5.32 Å². The molecule has 0 saturated carbocycles. The van der Waals surface area contributed by atoms with E-state index in [1.807, 2.05) is 6.92 Å². The van der Waals surface area contributed by atoms with Crippen molar-refractivity contribution in [1.82, 2.24) is 10.3 Å². The van der Waals surface area contributed by atoms with Crippen LogP contribution >= 0.6 is 15.9 Å². The van der Waals surface area contributed by atoms with Gasteiger partial charge in [0.15, 0.2) is 0 Å². The summed E-state index contributed by atoms with van der Waals surface area (Å²) in [5.74, 6) is -0.130. The normalized spacial score (nSPS) is 9.69. The minimum absolute atomic E-state index is 0.130. The van der Waals surface area contributed by atoms with Crippen molar-refractivity contribution in [3.05, 3.63) is 28.5 Å². The summed E-state index contributed by atoms with van der Waals surface area (Å²) < 4.78 is 0.726. The van der Waals surface area contributed by atoms with Crippen molar-refractivity contribution >= 4 is 21.8 Å². The topological polar surface area (TPSA) is 42.0 Å². The Kier molecular flexibility index (Phi) is 3.89. The number of amides is 1. The van der Waals surface area contributed by atoms with Crippen molar-refractivity contribution in [2.24, 2.45) is 0 Å². The molecule has 3 nitrogen and oxygen atoms in total. The summed E-state index contributed by atoms with van der Waals surface area (Å²) in [4.78, 5) is 15.4. The molecule has 1 aromatic rings. The molecule has 0 bridgehead atoms. The SMILES string of the molecule is CCCNC(=O)c1ncccc1Br. The number of pyridine rings is 1. The summed E-state index contributed by atoms with van der Waals surface area (Å²) in [5, 5.41) is 2.76. The second-order valence-electron chi connectivity index (χ2n) is 2.59. The average molecular weight is 243 g/mol. The number of carbonyl (C=O) groups is 1. The van der Waals surface area contributed by atoms with E-state index < -0.39 is 0 Å². The largest absolute Gasteiger partial charge is 0.351 e. The van der Waals surface area contributed by atoms with E-state index in [-0.39, 0.29) is 5.91 Å². The van der Waals surface area contributed by atoms with E-state index in [1.165, 1.54) is 0 Å². The molecule has 0 spiro atoms. The third-order valence-corrected chi connectivity index (χ3v) is 2.15. The third kappa shape index (κ3) is 2.81. The molecule has 0 atom stereocenters. The van der Waals surface area contributed by atoms with Crippen LogP contribution in [0.15, 0.2) is 22.8 Å². The second-order valence-corrected chi connectivity index (χ2v) is 3.44. The third-order valence-electron chi connectivity index (χ3n) is 1.51. The van der Waals surface area contributed by atoms with Gasteiger partial charge in [-0.3, -0.25) is 4.79 Å². The highest BCUT2D eigenvalue weighted by atomic mass is 79.9. The number of hydrogen-bond acceptors (Lipinski definition) is 2. The first-order chi connectivity index (χ1) is 6.25. The molecule has 0 saturated heterocycles. The molecular weight excluding hydrogens is 232 g/mol. The molecule has 1 aromatic heterocycles. The Hall–Kier alpha value is -0.900. The molecule has 1 rings (SSSR count). The van der Waals surface area contributed by atoms with Gasteiger partial charge >= 0.3 is 0 Å². The van der Waals surface area contributed by atoms with Gasteiger partial charge in [-0.1, -0.05) is 6.92 Å². The van der Waals surface area contributed by atoms with Gasteiger partial charge in [0.1, 0.15) is 5.69 Å². The van der Waals surface area contributed by atoms with Crippen LogP contribution in [0.3, 0.4) is 0 Å². The van der Waals surface area contributed by atoms with Gasteiger partial charge < -0.3 is 5.32 Å². The first-order valence-corrected chi connectivity index (χ1v) is 4.93. The number of halogens is 1. The zero-order chi connectivity index (χ0) is 9.68. The van der Waals surface area contributed by atoms with Gasteiger partial charge in [0.05, 0.1) is 0 Å². The van der Waals surface area contributed by atoms with Crippen LogP contribution in [0, 0.1) is 0 Å². The summed E-state index contributed by atoms with van der Waals surface area (Å²) in [6.07, 6.45) is 2.53. The summed E-state index contributed by atoms with van der Waals surface area (Å²) in [7, 11) is 0. The second kappa shape index (κ2) is 4.97. The van der Waals surface area contributed by atoms with E-state index in [1.54, 1.807) is 18.3 Å². The van der Waals surface area contributed by atoms with Crippen molar-refractivity contribution in [2.45, 2.75) is 13.3 Å². The average Bonchev–Trinajstić information content (AvgIpc) is 2.15. The lowest BCUT2D eigenvalue weighted by molar-refractivity contribution is 0.0948. The maximum atomic E-state index is 11.4. The molecule has 0 aliphatic carbocycles. The monoisotopic (exact) mass is 242 g/mol. The molecule has 0 aliphatic heterocycles. The fourth-order valence-corrected chi connectivity index (χ4v) is 1.31. The zero-order valence-electron chi connectivity index (χ0n) is 7.38. The molecule has 4 heteroatoms. The molecule has 70 valence electrons. The number of rotatable bonds is 3. The number of aromatic nitrogens is 1. The van der Waals surface area contributed by atoms with Crippen LogP contribution in [0.2, 0.25) is 0 Å². The highest BCUT2D eigenvalue weighted by Gasteiger charge is 2.08. The van der Waals surface area contributed by atoms with Gasteiger partial charge in [-0.05, 0) is 34.5 Å². The van der Waals surface area contributed by atoms with Crippen LogP contribution in [0.4, 0.5) is 0 Å². The van der Waals surface area contributed by atoms with Crippen molar-refractivity contribution in [3.63, 3.8) is 0 Å². The molecule has 0 fully saturated rings. The minimum Gasteiger partial charge on any atom is -0.351 e. The molecular formula is C9H11BrN2O. The lowest BCUT2D eigenvalue weighted by Gasteiger charge is -2.03. The fourth-order valence-electron chi connectivity index (χ4n) is 0.875.